The van der Waals surface area contributed by atoms with Gasteiger partial charge in [0.15, 0.2) is 0 Å². The second-order valence-corrected chi connectivity index (χ2v) is 9.74. The maximum Gasteiger partial charge on any atom is 0.0464 e. The summed E-state index contributed by atoms with van der Waals surface area (Å²) in [4.78, 5) is 4.55. The van der Waals surface area contributed by atoms with E-state index in [-0.39, 0.29) is 0 Å². The van der Waals surface area contributed by atoms with Crippen molar-refractivity contribution < 1.29 is 0 Å². The van der Waals surface area contributed by atoms with E-state index in [0.29, 0.717) is 0 Å². The van der Waals surface area contributed by atoms with Gasteiger partial charge in [-0.05, 0) is 110 Å². The number of hydrogen-bond donors (Lipinski definition) is 1. The lowest BCUT2D eigenvalue weighted by atomic mass is 10.1. The van der Waals surface area contributed by atoms with Gasteiger partial charge in [0, 0.05) is 45.5 Å². The van der Waals surface area contributed by atoms with Crippen LogP contribution < -0.4 is 15.1 Å². The van der Waals surface area contributed by atoms with Crippen LogP contribution >= 0.6 is 0 Å². The van der Waals surface area contributed by atoms with Crippen molar-refractivity contribution in [2.75, 3.05) is 15.1 Å². The molecular formula is C37H31N3. The summed E-state index contributed by atoms with van der Waals surface area (Å²) in [6.45, 7) is 2.13. The van der Waals surface area contributed by atoms with Crippen molar-refractivity contribution in [1.82, 2.24) is 0 Å². The van der Waals surface area contributed by atoms with Crippen LogP contribution in [-0.4, -0.2) is 0 Å². The summed E-state index contributed by atoms with van der Waals surface area (Å²) in [5, 5.41) is 3.57. The number of anilines is 8. The third-order valence-electron chi connectivity index (χ3n) is 6.84. The molecule has 0 atom stereocenters. The van der Waals surface area contributed by atoms with Crippen molar-refractivity contribution in [2.24, 2.45) is 0 Å². The molecule has 0 unspecified atom stereocenters. The first-order valence-electron chi connectivity index (χ1n) is 13.5. The molecule has 6 rings (SSSR count). The molecule has 194 valence electrons. The lowest BCUT2D eigenvalue weighted by Gasteiger charge is -2.26. The van der Waals surface area contributed by atoms with Crippen molar-refractivity contribution >= 4 is 45.5 Å². The van der Waals surface area contributed by atoms with Gasteiger partial charge < -0.3 is 15.1 Å². The molecule has 0 spiro atoms. The number of rotatable bonds is 8. The third-order valence-corrected chi connectivity index (χ3v) is 6.84. The molecule has 0 aliphatic rings. The Balaban J connectivity index is 1.24. The highest BCUT2D eigenvalue weighted by atomic mass is 15.1. The van der Waals surface area contributed by atoms with Crippen LogP contribution in [0.1, 0.15) is 5.56 Å². The lowest BCUT2D eigenvalue weighted by Crippen LogP contribution is -2.10. The second-order valence-electron chi connectivity index (χ2n) is 9.74. The summed E-state index contributed by atoms with van der Waals surface area (Å²) >= 11 is 0. The van der Waals surface area contributed by atoms with E-state index < -0.39 is 0 Å². The Hall–Kier alpha value is -5.28. The SMILES string of the molecule is Cc1cccc(N(c2ccccc2)c2ccc(Nc3ccc(N(c4ccccc4)c4ccccc4)cc3)cc2)c1. The molecule has 40 heavy (non-hydrogen) atoms. The first-order valence-corrected chi connectivity index (χ1v) is 13.5. The van der Waals surface area contributed by atoms with Gasteiger partial charge in [-0.1, -0.05) is 66.7 Å². The smallest absolute Gasteiger partial charge is 0.0464 e. The van der Waals surface area contributed by atoms with Crippen molar-refractivity contribution in [3.05, 3.63) is 169 Å². The summed E-state index contributed by atoms with van der Waals surface area (Å²) < 4.78 is 0. The normalized spacial score (nSPS) is 10.6. The average Bonchev–Trinajstić information content (AvgIpc) is 3.01. The molecule has 6 aromatic rings. The Bertz CT molecular complexity index is 1610. The summed E-state index contributed by atoms with van der Waals surface area (Å²) in [6, 6.07) is 57.2. The Morgan fingerprint density at radius 1 is 0.350 bits per heavy atom. The maximum atomic E-state index is 3.57. The minimum absolute atomic E-state index is 1.04. The molecule has 0 heterocycles. The van der Waals surface area contributed by atoms with E-state index in [4.69, 9.17) is 0 Å². The quantitative estimate of drug-likeness (QED) is 0.217. The predicted octanol–water partition coefficient (Wildman–Crippen LogP) is 10.7. The summed E-state index contributed by atoms with van der Waals surface area (Å²) in [6.07, 6.45) is 0. The molecular weight excluding hydrogens is 486 g/mol. The Morgan fingerprint density at radius 2 is 0.700 bits per heavy atom. The molecule has 0 aromatic heterocycles. The molecule has 0 radical (unpaired) electrons. The van der Waals surface area contributed by atoms with E-state index in [0.717, 1.165) is 45.5 Å². The standard InChI is InChI=1S/C37H31N3/c1-29-12-11-19-37(28-29)40(34-17-9-4-10-18-34)36-26-22-31(23-27-36)38-30-20-24-35(25-21-30)39(32-13-5-2-6-14-32)33-15-7-3-8-16-33/h2-28,38H,1H3. The lowest BCUT2D eigenvalue weighted by molar-refractivity contribution is 1.27. The zero-order valence-corrected chi connectivity index (χ0v) is 22.5. The molecule has 0 saturated carbocycles. The van der Waals surface area contributed by atoms with Crippen LogP contribution in [-0.2, 0) is 0 Å². The van der Waals surface area contributed by atoms with Gasteiger partial charge in [-0.3, -0.25) is 0 Å². The first kappa shape index (κ1) is 25.0. The molecule has 0 aliphatic carbocycles. The summed E-state index contributed by atoms with van der Waals surface area (Å²) in [5.74, 6) is 0. The highest BCUT2D eigenvalue weighted by Gasteiger charge is 2.13. The van der Waals surface area contributed by atoms with Gasteiger partial charge in [0.2, 0.25) is 0 Å². The highest BCUT2D eigenvalue weighted by Crippen LogP contribution is 2.37. The fourth-order valence-electron chi connectivity index (χ4n) is 4.95. The average molecular weight is 518 g/mol. The number of nitrogens with one attached hydrogen (secondary N) is 1. The van der Waals surface area contributed by atoms with Crippen molar-refractivity contribution in [3.8, 4) is 0 Å². The van der Waals surface area contributed by atoms with Gasteiger partial charge in [-0.15, -0.1) is 0 Å². The fraction of sp³-hybridized carbons (Fsp3) is 0.0270. The molecule has 0 saturated heterocycles. The van der Waals surface area contributed by atoms with E-state index in [1.54, 1.807) is 0 Å². The number of aryl methyl sites for hydroxylation is 1. The number of nitrogens with zero attached hydrogens (tertiary/aromatic N) is 2. The van der Waals surface area contributed by atoms with E-state index in [1.807, 2.05) is 12.1 Å². The predicted molar refractivity (Wildman–Crippen MR) is 170 cm³/mol. The van der Waals surface area contributed by atoms with Crippen LogP contribution in [0.25, 0.3) is 0 Å². The minimum Gasteiger partial charge on any atom is -0.356 e. The Kier molecular flexibility index (Phi) is 7.27. The maximum absolute atomic E-state index is 3.57. The van der Waals surface area contributed by atoms with Gasteiger partial charge in [0.1, 0.15) is 0 Å². The van der Waals surface area contributed by atoms with Crippen molar-refractivity contribution in [3.63, 3.8) is 0 Å². The molecule has 3 nitrogen and oxygen atoms in total. The zero-order chi connectivity index (χ0) is 27.1. The van der Waals surface area contributed by atoms with Crippen LogP contribution in [0.3, 0.4) is 0 Å². The van der Waals surface area contributed by atoms with Crippen molar-refractivity contribution in [1.29, 1.82) is 0 Å². The molecule has 3 heteroatoms. The van der Waals surface area contributed by atoms with Gasteiger partial charge in [-0.2, -0.15) is 0 Å². The third kappa shape index (κ3) is 5.59. The molecule has 6 aromatic carbocycles. The van der Waals surface area contributed by atoms with Gasteiger partial charge >= 0.3 is 0 Å². The molecule has 0 amide bonds. The minimum atomic E-state index is 1.04. The van der Waals surface area contributed by atoms with Gasteiger partial charge in [-0.25, -0.2) is 0 Å². The van der Waals surface area contributed by atoms with Gasteiger partial charge in [0.25, 0.3) is 0 Å². The summed E-state index contributed by atoms with van der Waals surface area (Å²) in [7, 11) is 0. The van der Waals surface area contributed by atoms with Gasteiger partial charge in [0.05, 0.1) is 0 Å². The molecule has 1 N–H and O–H groups in total. The molecule has 0 fully saturated rings. The van der Waals surface area contributed by atoms with E-state index >= 15 is 0 Å². The van der Waals surface area contributed by atoms with Crippen LogP contribution in [0.15, 0.2) is 164 Å². The first-order chi connectivity index (χ1) is 19.7. The monoisotopic (exact) mass is 517 g/mol. The van der Waals surface area contributed by atoms with Crippen molar-refractivity contribution in [2.45, 2.75) is 6.92 Å². The van der Waals surface area contributed by atoms with E-state index in [1.165, 1.54) is 5.56 Å². The van der Waals surface area contributed by atoms with Crippen LogP contribution in [0, 0.1) is 6.92 Å². The largest absolute Gasteiger partial charge is 0.356 e. The second kappa shape index (κ2) is 11.6. The Labute approximate surface area is 236 Å². The van der Waals surface area contributed by atoms with Crippen LogP contribution in [0.5, 0.6) is 0 Å². The molecule has 0 bridgehead atoms. The van der Waals surface area contributed by atoms with Crippen LogP contribution in [0.4, 0.5) is 45.5 Å². The van der Waals surface area contributed by atoms with Crippen LogP contribution in [0.2, 0.25) is 0 Å². The number of hydrogen-bond acceptors (Lipinski definition) is 3. The van der Waals surface area contributed by atoms with E-state index in [9.17, 15) is 0 Å². The fourth-order valence-corrected chi connectivity index (χ4v) is 4.95. The number of para-hydroxylation sites is 3. The molecule has 0 aliphatic heterocycles. The highest BCUT2D eigenvalue weighted by molar-refractivity contribution is 5.79. The van der Waals surface area contributed by atoms with E-state index in [2.05, 4.69) is 174 Å². The number of benzene rings is 6. The zero-order valence-electron chi connectivity index (χ0n) is 22.5. The Morgan fingerprint density at radius 3 is 1.10 bits per heavy atom. The topological polar surface area (TPSA) is 18.5 Å². The summed E-state index contributed by atoms with van der Waals surface area (Å²) in [5.41, 5.74) is 10.1.